The second kappa shape index (κ2) is 10.2. The molecule has 2 N–H and O–H groups in total. The van der Waals surface area contributed by atoms with Crippen molar-refractivity contribution >= 4 is 35.4 Å². The van der Waals surface area contributed by atoms with E-state index in [2.05, 4.69) is 20.3 Å². The summed E-state index contributed by atoms with van der Waals surface area (Å²) in [4.78, 5) is 36.2. The number of amides is 2. The SMILES string of the molecule is CSCCC(NC(=O)c1ccccc1)C(=O)OCC(=O)Nc1ccon1. The van der Waals surface area contributed by atoms with Crippen LogP contribution in [0.25, 0.3) is 0 Å². The van der Waals surface area contributed by atoms with E-state index in [1.54, 1.807) is 42.1 Å². The summed E-state index contributed by atoms with van der Waals surface area (Å²) in [5.41, 5.74) is 0.443. The Labute approximate surface area is 154 Å². The number of carbonyl (C=O) groups is 3. The van der Waals surface area contributed by atoms with E-state index in [1.165, 1.54) is 12.3 Å². The number of hydrogen-bond acceptors (Lipinski definition) is 7. The highest BCUT2D eigenvalue weighted by atomic mass is 32.2. The number of esters is 1. The van der Waals surface area contributed by atoms with Crippen LogP contribution in [0, 0.1) is 0 Å². The molecule has 138 valence electrons. The van der Waals surface area contributed by atoms with Gasteiger partial charge in [0.2, 0.25) is 0 Å². The largest absolute Gasteiger partial charge is 0.454 e. The molecule has 9 heteroatoms. The molecule has 0 radical (unpaired) electrons. The van der Waals surface area contributed by atoms with Crippen LogP contribution < -0.4 is 10.6 Å². The molecule has 0 aliphatic heterocycles. The van der Waals surface area contributed by atoms with Crippen LogP contribution in [0.5, 0.6) is 0 Å². The summed E-state index contributed by atoms with van der Waals surface area (Å²) in [6.07, 6.45) is 3.59. The first-order valence-electron chi connectivity index (χ1n) is 7.82. The van der Waals surface area contributed by atoms with Crippen LogP contribution >= 0.6 is 11.8 Å². The maximum atomic E-state index is 12.3. The summed E-state index contributed by atoms with van der Waals surface area (Å²) in [7, 11) is 0. The number of anilines is 1. The highest BCUT2D eigenvalue weighted by Gasteiger charge is 2.23. The second-order valence-corrected chi connectivity index (χ2v) is 6.20. The Balaban J connectivity index is 1.89. The average Bonchev–Trinajstić information content (AvgIpc) is 3.16. The van der Waals surface area contributed by atoms with Gasteiger partial charge in [-0.25, -0.2) is 4.79 Å². The third-order valence-electron chi connectivity index (χ3n) is 3.29. The lowest BCUT2D eigenvalue weighted by Gasteiger charge is -2.17. The summed E-state index contributed by atoms with van der Waals surface area (Å²) in [5, 5.41) is 8.59. The molecule has 2 aromatic rings. The van der Waals surface area contributed by atoms with Crippen molar-refractivity contribution in [3.63, 3.8) is 0 Å². The van der Waals surface area contributed by atoms with Gasteiger partial charge in [0.05, 0.1) is 0 Å². The molecule has 0 bridgehead atoms. The fourth-order valence-corrected chi connectivity index (χ4v) is 2.48. The molecule has 1 aromatic heterocycles. The van der Waals surface area contributed by atoms with Gasteiger partial charge in [-0.1, -0.05) is 23.4 Å². The minimum absolute atomic E-state index is 0.224. The first-order chi connectivity index (χ1) is 12.6. The molecule has 8 nitrogen and oxygen atoms in total. The highest BCUT2D eigenvalue weighted by Crippen LogP contribution is 2.06. The smallest absolute Gasteiger partial charge is 0.329 e. The first-order valence-corrected chi connectivity index (χ1v) is 9.21. The molecule has 0 spiro atoms. The number of aromatic nitrogens is 1. The predicted molar refractivity (Wildman–Crippen MR) is 96.8 cm³/mol. The minimum Gasteiger partial charge on any atom is -0.454 e. The molecule has 1 atom stereocenters. The standard InChI is InChI=1S/C17H19N3O5S/c1-26-10-8-13(18-16(22)12-5-3-2-4-6-12)17(23)24-11-15(21)19-14-7-9-25-20-14/h2-7,9,13H,8,10-11H2,1H3,(H,18,22)(H,19,20,21). The van der Waals surface area contributed by atoms with Crippen molar-refractivity contribution in [1.82, 2.24) is 10.5 Å². The average molecular weight is 377 g/mol. The summed E-state index contributed by atoms with van der Waals surface area (Å²) < 4.78 is 9.60. The van der Waals surface area contributed by atoms with Gasteiger partial charge < -0.3 is 19.9 Å². The first kappa shape index (κ1) is 19.5. The summed E-state index contributed by atoms with van der Waals surface area (Å²) >= 11 is 1.54. The third-order valence-corrected chi connectivity index (χ3v) is 3.93. The zero-order chi connectivity index (χ0) is 18.8. The van der Waals surface area contributed by atoms with E-state index in [9.17, 15) is 14.4 Å². The molecule has 0 aliphatic rings. The van der Waals surface area contributed by atoms with Gasteiger partial charge in [0, 0.05) is 11.6 Å². The van der Waals surface area contributed by atoms with Crippen LogP contribution in [0.3, 0.4) is 0 Å². The lowest BCUT2D eigenvalue weighted by atomic mass is 10.1. The fourth-order valence-electron chi connectivity index (χ4n) is 2.01. The molecule has 1 unspecified atom stereocenters. The molecule has 2 amide bonds. The minimum atomic E-state index is -0.838. The molecular weight excluding hydrogens is 358 g/mol. The molecular formula is C17H19N3O5S. The molecule has 2 rings (SSSR count). The Hall–Kier alpha value is -2.81. The van der Waals surface area contributed by atoms with E-state index in [-0.39, 0.29) is 11.7 Å². The van der Waals surface area contributed by atoms with Gasteiger partial charge in [-0.05, 0) is 30.6 Å². The summed E-state index contributed by atoms with van der Waals surface area (Å²) in [5.74, 6) is -0.716. The number of nitrogens with one attached hydrogen (secondary N) is 2. The number of thioether (sulfide) groups is 1. The van der Waals surface area contributed by atoms with E-state index in [0.29, 0.717) is 17.7 Å². The van der Waals surface area contributed by atoms with Crippen molar-refractivity contribution in [3.8, 4) is 0 Å². The topological polar surface area (TPSA) is 111 Å². The van der Waals surface area contributed by atoms with Gasteiger partial charge in [0.15, 0.2) is 12.4 Å². The lowest BCUT2D eigenvalue weighted by Crippen LogP contribution is -2.43. The van der Waals surface area contributed by atoms with Gasteiger partial charge in [0.1, 0.15) is 12.3 Å². The zero-order valence-electron chi connectivity index (χ0n) is 14.1. The normalized spacial score (nSPS) is 11.4. The Morgan fingerprint density at radius 3 is 2.65 bits per heavy atom. The van der Waals surface area contributed by atoms with Crippen molar-refractivity contribution in [3.05, 3.63) is 48.2 Å². The maximum absolute atomic E-state index is 12.3. The molecule has 1 aromatic carbocycles. The van der Waals surface area contributed by atoms with E-state index in [4.69, 9.17) is 4.74 Å². The van der Waals surface area contributed by atoms with Crippen LogP contribution in [0.15, 0.2) is 47.2 Å². The van der Waals surface area contributed by atoms with Gasteiger partial charge >= 0.3 is 5.97 Å². The Kier molecular flexibility index (Phi) is 7.69. The number of benzene rings is 1. The van der Waals surface area contributed by atoms with Gasteiger partial charge in [-0.3, -0.25) is 9.59 Å². The Bertz CT molecular complexity index is 721. The predicted octanol–water partition coefficient (Wildman–Crippen LogP) is 1.71. The van der Waals surface area contributed by atoms with Gasteiger partial charge in [-0.15, -0.1) is 0 Å². The van der Waals surface area contributed by atoms with Gasteiger partial charge in [0.25, 0.3) is 11.8 Å². The van der Waals surface area contributed by atoms with Crippen LogP contribution in [0.2, 0.25) is 0 Å². The molecule has 0 saturated carbocycles. The molecule has 0 fully saturated rings. The summed E-state index contributed by atoms with van der Waals surface area (Å²) in [6.45, 7) is -0.483. The summed E-state index contributed by atoms with van der Waals surface area (Å²) in [6, 6.07) is 9.19. The third kappa shape index (κ3) is 6.25. The molecule has 0 saturated heterocycles. The van der Waals surface area contributed by atoms with E-state index < -0.39 is 24.5 Å². The van der Waals surface area contributed by atoms with Crippen LogP contribution in [-0.4, -0.2) is 47.6 Å². The zero-order valence-corrected chi connectivity index (χ0v) is 15.0. The quantitative estimate of drug-likeness (QED) is 0.640. The maximum Gasteiger partial charge on any atom is 0.329 e. The van der Waals surface area contributed by atoms with Crippen molar-refractivity contribution in [2.75, 3.05) is 23.9 Å². The molecule has 0 aliphatic carbocycles. The number of hydrogen-bond donors (Lipinski definition) is 2. The van der Waals surface area contributed by atoms with Crippen molar-refractivity contribution in [2.45, 2.75) is 12.5 Å². The fraction of sp³-hybridized carbons (Fsp3) is 0.294. The van der Waals surface area contributed by atoms with Crippen molar-refractivity contribution in [2.24, 2.45) is 0 Å². The Morgan fingerprint density at radius 1 is 1.23 bits per heavy atom. The van der Waals surface area contributed by atoms with Crippen LogP contribution in [0.4, 0.5) is 5.82 Å². The van der Waals surface area contributed by atoms with Crippen LogP contribution in [-0.2, 0) is 14.3 Å². The van der Waals surface area contributed by atoms with Gasteiger partial charge in [-0.2, -0.15) is 11.8 Å². The second-order valence-electron chi connectivity index (χ2n) is 5.21. The van der Waals surface area contributed by atoms with E-state index in [0.717, 1.165) is 0 Å². The number of rotatable bonds is 9. The molecule has 1 heterocycles. The van der Waals surface area contributed by atoms with E-state index >= 15 is 0 Å². The number of ether oxygens (including phenoxy) is 1. The number of carbonyl (C=O) groups excluding carboxylic acids is 3. The molecule has 26 heavy (non-hydrogen) atoms. The lowest BCUT2D eigenvalue weighted by molar-refractivity contribution is -0.149. The van der Waals surface area contributed by atoms with Crippen molar-refractivity contribution in [1.29, 1.82) is 0 Å². The van der Waals surface area contributed by atoms with E-state index in [1.807, 2.05) is 6.26 Å². The van der Waals surface area contributed by atoms with Crippen molar-refractivity contribution < 1.29 is 23.6 Å². The Morgan fingerprint density at radius 2 is 2.00 bits per heavy atom. The highest BCUT2D eigenvalue weighted by molar-refractivity contribution is 7.98. The van der Waals surface area contributed by atoms with Crippen LogP contribution in [0.1, 0.15) is 16.8 Å². The monoisotopic (exact) mass is 377 g/mol. The number of nitrogens with zero attached hydrogens (tertiary/aromatic N) is 1.